The average Bonchev–Trinajstić information content (AvgIpc) is 3.29. The number of hydrogen-bond acceptors (Lipinski definition) is 4. The van der Waals surface area contributed by atoms with E-state index in [2.05, 4.69) is 30.8 Å². The van der Waals surface area contributed by atoms with Gasteiger partial charge in [0.15, 0.2) is 5.65 Å². The Morgan fingerprint density at radius 1 is 1.28 bits per heavy atom. The normalized spacial score (nSPS) is 17.4. The molecule has 1 aliphatic rings. The Kier molecular flexibility index (Phi) is 5.19. The lowest BCUT2D eigenvalue weighted by atomic mass is 9.98. The molecule has 6 heteroatoms. The molecule has 0 N–H and O–H groups in total. The van der Waals surface area contributed by atoms with Crippen molar-refractivity contribution in [1.82, 2.24) is 19.7 Å². The van der Waals surface area contributed by atoms with Crippen LogP contribution in [0.2, 0.25) is 0 Å². The first kappa shape index (κ1) is 19.7. The van der Waals surface area contributed by atoms with Crippen LogP contribution in [0.25, 0.3) is 22.3 Å². The Morgan fingerprint density at radius 2 is 2.07 bits per heavy atom. The molecular weight excluding hydrogens is 364 g/mol. The summed E-state index contributed by atoms with van der Waals surface area (Å²) in [5.41, 5.74) is 3.14. The highest BCUT2D eigenvalue weighted by atomic mass is 16.3. The van der Waals surface area contributed by atoms with Crippen molar-refractivity contribution in [2.24, 2.45) is 0 Å². The fourth-order valence-electron chi connectivity index (χ4n) is 4.44. The third kappa shape index (κ3) is 3.45. The maximum atomic E-state index is 13.7. The number of hydrogen-bond donors (Lipinski definition) is 0. The second-order valence-electron chi connectivity index (χ2n) is 8.36. The van der Waals surface area contributed by atoms with E-state index < -0.39 is 0 Å². The quantitative estimate of drug-likeness (QED) is 0.603. The van der Waals surface area contributed by atoms with E-state index in [0.717, 1.165) is 59.6 Å². The fourth-order valence-corrected chi connectivity index (χ4v) is 4.44. The van der Waals surface area contributed by atoms with E-state index in [4.69, 9.17) is 9.40 Å². The summed E-state index contributed by atoms with van der Waals surface area (Å²) in [6, 6.07) is 4.38. The molecule has 1 saturated heterocycles. The lowest BCUT2D eigenvalue weighted by molar-refractivity contribution is 0.0610. The minimum absolute atomic E-state index is 0.0892. The van der Waals surface area contributed by atoms with Crippen LogP contribution in [0.5, 0.6) is 0 Å². The van der Waals surface area contributed by atoms with Crippen LogP contribution in [0.15, 0.2) is 22.7 Å². The monoisotopic (exact) mass is 394 g/mol. The standard InChI is InChI=1S/C23H30N4O2/c1-6-17-9-7-8-10-26(17)23(28)19-12-21(18-11-15(4)29-16(18)5)25-22-20(19)13-24-27(22)14(2)3/h11-14,17H,6-10H2,1-5H3. The molecule has 1 aliphatic heterocycles. The molecule has 3 aromatic rings. The van der Waals surface area contributed by atoms with Crippen molar-refractivity contribution in [3.8, 4) is 11.3 Å². The Bertz CT molecular complexity index is 1050. The van der Waals surface area contributed by atoms with Gasteiger partial charge in [-0.05, 0) is 65.5 Å². The predicted molar refractivity (Wildman–Crippen MR) is 114 cm³/mol. The SMILES string of the molecule is CCC1CCCCN1C(=O)c1cc(-c2cc(C)oc2C)nc2c1cnn2C(C)C. The van der Waals surface area contributed by atoms with Gasteiger partial charge >= 0.3 is 0 Å². The number of piperidine rings is 1. The van der Waals surface area contributed by atoms with Gasteiger partial charge in [0.1, 0.15) is 11.5 Å². The van der Waals surface area contributed by atoms with Gasteiger partial charge in [-0.1, -0.05) is 6.92 Å². The molecule has 1 fully saturated rings. The van der Waals surface area contributed by atoms with Gasteiger partial charge in [-0.2, -0.15) is 5.10 Å². The van der Waals surface area contributed by atoms with Gasteiger partial charge in [0.2, 0.25) is 0 Å². The van der Waals surface area contributed by atoms with Crippen LogP contribution in [0.4, 0.5) is 0 Å². The van der Waals surface area contributed by atoms with Crippen LogP contribution < -0.4 is 0 Å². The molecule has 0 radical (unpaired) electrons. The maximum Gasteiger partial charge on any atom is 0.254 e. The molecule has 154 valence electrons. The van der Waals surface area contributed by atoms with Crippen LogP contribution in [-0.4, -0.2) is 38.2 Å². The number of likely N-dealkylation sites (tertiary alicyclic amines) is 1. The summed E-state index contributed by atoms with van der Waals surface area (Å²) in [4.78, 5) is 20.6. The van der Waals surface area contributed by atoms with Crippen molar-refractivity contribution in [3.05, 3.63) is 35.4 Å². The summed E-state index contributed by atoms with van der Waals surface area (Å²) in [5, 5.41) is 5.37. The third-order valence-corrected chi connectivity index (χ3v) is 5.96. The highest BCUT2D eigenvalue weighted by Gasteiger charge is 2.29. The van der Waals surface area contributed by atoms with Gasteiger partial charge < -0.3 is 9.32 Å². The predicted octanol–water partition coefficient (Wildman–Crippen LogP) is 5.29. The number of aryl methyl sites for hydroxylation is 2. The molecule has 0 aromatic carbocycles. The van der Waals surface area contributed by atoms with Gasteiger partial charge in [-0.25, -0.2) is 9.67 Å². The molecule has 1 unspecified atom stereocenters. The number of carbonyl (C=O) groups is 1. The van der Waals surface area contributed by atoms with E-state index in [1.54, 1.807) is 6.20 Å². The number of carbonyl (C=O) groups excluding carboxylic acids is 1. The number of aromatic nitrogens is 3. The third-order valence-electron chi connectivity index (χ3n) is 5.96. The van der Waals surface area contributed by atoms with Gasteiger partial charge in [-0.3, -0.25) is 4.79 Å². The topological polar surface area (TPSA) is 64.2 Å². The van der Waals surface area contributed by atoms with Crippen LogP contribution in [0, 0.1) is 13.8 Å². The average molecular weight is 395 g/mol. The van der Waals surface area contributed by atoms with Gasteiger partial charge in [0.05, 0.1) is 22.8 Å². The minimum atomic E-state index is 0.0892. The molecule has 1 amide bonds. The van der Waals surface area contributed by atoms with Crippen LogP contribution in [-0.2, 0) is 0 Å². The fraction of sp³-hybridized carbons (Fsp3) is 0.522. The zero-order chi connectivity index (χ0) is 20.7. The van der Waals surface area contributed by atoms with E-state index >= 15 is 0 Å². The molecule has 6 nitrogen and oxygen atoms in total. The molecule has 0 spiro atoms. The number of pyridine rings is 1. The van der Waals surface area contributed by atoms with Crippen molar-refractivity contribution in [2.45, 2.75) is 72.4 Å². The number of amides is 1. The number of furan rings is 1. The number of fused-ring (bicyclic) bond motifs is 1. The molecular formula is C23H30N4O2. The van der Waals surface area contributed by atoms with Crippen LogP contribution in [0.3, 0.4) is 0 Å². The Balaban J connectivity index is 1.90. The summed E-state index contributed by atoms with van der Waals surface area (Å²) in [5.74, 6) is 1.74. The molecule has 4 heterocycles. The smallest absolute Gasteiger partial charge is 0.254 e. The van der Waals surface area contributed by atoms with E-state index in [9.17, 15) is 4.79 Å². The van der Waals surface area contributed by atoms with Gasteiger partial charge in [0.25, 0.3) is 5.91 Å². The van der Waals surface area contributed by atoms with E-state index in [0.29, 0.717) is 11.6 Å². The van der Waals surface area contributed by atoms with Gasteiger partial charge in [0, 0.05) is 24.2 Å². The van der Waals surface area contributed by atoms with Crippen LogP contribution >= 0.6 is 0 Å². The summed E-state index contributed by atoms with van der Waals surface area (Å²) in [6.07, 6.45) is 6.11. The van der Waals surface area contributed by atoms with Crippen molar-refractivity contribution >= 4 is 16.9 Å². The van der Waals surface area contributed by atoms with E-state index in [1.807, 2.05) is 30.7 Å². The van der Waals surface area contributed by atoms with Crippen LogP contribution in [0.1, 0.15) is 74.4 Å². The van der Waals surface area contributed by atoms with E-state index in [1.165, 1.54) is 6.42 Å². The Hall–Kier alpha value is -2.63. The Morgan fingerprint density at radius 3 is 2.72 bits per heavy atom. The zero-order valence-corrected chi connectivity index (χ0v) is 18.0. The number of rotatable bonds is 4. The maximum absolute atomic E-state index is 13.7. The second-order valence-corrected chi connectivity index (χ2v) is 8.36. The largest absolute Gasteiger partial charge is 0.466 e. The Labute approximate surface area is 171 Å². The lowest BCUT2D eigenvalue weighted by Gasteiger charge is -2.35. The first-order chi connectivity index (χ1) is 13.9. The molecule has 0 saturated carbocycles. The van der Waals surface area contributed by atoms with Crippen molar-refractivity contribution in [2.75, 3.05) is 6.54 Å². The molecule has 0 aliphatic carbocycles. The summed E-state index contributed by atoms with van der Waals surface area (Å²) in [7, 11) is 0. The zero-order valence-electron chi connectivity index (χ0n) is 18.0. The summed E-state index contributed by atoms with van der Waals surface area (Å²) in [6.45, 7) is 11.0. The first-order valence-electron chi connectivity index (χ1n) is 10.7. The highest BCUT2D eigenvalue weighted by Crippen LogP contribution is 2.32. The van der Waals surface area contributed by atoms with E-state index in [-0.39, 0.29) is 11.9 Å². The molecule has 3 aromatic heterocycles. The highest BCUT2D eigenvalue weighted by molar-refractivity contribution is 6.06. The molecule has 0 bridgehead atoms. The number of nitrogens with zero attached hydrogens (tertiary/aromatic N) is 4. The van der Waals surface area contributed by atoms with Gasteiger partial charge in [-0.15, -0.1) is 0 Å². The molecule has 29 heavy (non-hydrogen) atoms. The summed E-state index contributed by atoms with van der Waals surface area (Å²) >= 11 is 0. The molecule has 1 atom stereocenters. The van der Waals surface area contributed by atoms with Crippen molar-refractivity contribution < 1.29 is 9.21 Å². The summed E-state index contributed by atoms with van der Waals surface area (Å²) < 4.78 is 7.63. The lowest BCUT2D eigenvalue weighted by Crippen LogP contribution is -2.43. The molecule has 4 rings (SSSR count). The second kappa shape index (κ2) is 7.65. The first-order valence-corrected chi connectivity index (χ1v) is 10.7. The van der Waals surface area contributed by atoms with Crippen molar-refractivity contribution in [3.63, 3.8) is 0 Å². The van der Waals surface area contributed by atoms with Crippen molar-refractivity contribution in [1.29, 1.82) is 0 Å². The minimum Gasteiger partial charge on any atom is -0.466 e.